The summed E-state index contributed by atoms with van der Waals surface area (Å²) in [5, 5.41) is 0. The highest BCUT2D eigenvalue weighted by atomic mass is 16.5. The number of methoxy groups -OCH3 is 1. The molecule has 0 aliphatic carbocycles. The van der Waals surface area contributed by atoms with Crippen LogP contribution in [0.3, 0.4) is 0 Å². The molecule has 1 aromatic carbocycles. The number of esters is 1. The molecule has 0 aliphatic rings. The number of para-hydroxylation sites is 1. The minimum Gasteiger partial charge on any atom is -0.466 e. The van der Waals surface area contributed by atoms with Crippen LogP contribution in [-0.2, 0) is 9.53 Å². The van der Waals surface area contributed by atoms with E-state index >= 15 is 0 Å². The summed E-state index contributed by atoms with van der Waals surface area (Å²) in [6.07, 6.45) is 2.50. The van der Waals surface area contributed by atoms with Crippen LogP contribution >= 0.6 is 0 Å². The molecular formula is C13H14O4. The van der Waals surface area contributed by atoms with Crippen LogP contribution in [0.4, 0.5) is 0 Å². The van der Waals surface area contributed by atoms with E-state index in [1.807, 2.05) is 6.92 Å². The van der Waals surface area contributed by atoms with Gasteiger partial charge in [0.2, 0.25) is 0 Å². The molecule has 0 atom stereocenters. The van der Waals surface area contributed by atoms with Crippen LogP contribution in [0, 0.1) is 0 Å². The Morgan fingerprint density at radius 1 is 1.35 bits per heavy atom. The lowest BCUT2D eigenvalue weighted by Crippen LogP contribution is -2.02. The van der Waals surface area contributed by atoms with E-state index in [2.05, 4.69) is 4.74 Å². The molecule has 0 radical (unpaired) electrons. The summed E-state index contributed by atoms with van der Waals surface area (Å²) in [6.45, 7) is 1.85. The Kier molecular flexibility index (Phi) is 4.94. The van der Waals surface area contributed by atoms with E-state index in [0.29, 0.717) is 29.8 Å². The summed E-state index contributed by atoms with van der Waals surface area (Å²) in [6, 6.07) is 6.82. The van der Waals surface area contributed by atoms with E-state index in [-0.39, 0.29) is 0 Å². The molecule has 0 aliphatic heterocycles. The lowest BCUT2D eigenvalue weighted by Gasteiger charge is -2.09. The first-order valence-corrected chi connectivity index (χ1v) is 5.21. The van der Waals surface area contributed by atoms with Crippen molar-refractivity contribution in [3.63, 3.8) is 0 Å². The average Bonchev–Trinajstić information content (AvgIpc) is 2.38. The Morgan fingerprint density at radius 2 is 2.06 bits per heavy atom. The normalized spacial score (nSPS) is 10.8. The first kappa shape index (κ1) is 13.0. The summed E-state index contributed by atoms with van der Waals surface area (Å²) < 4.78 is 10.00. The van der Waals surface area contributed by atoms with Gasteiger partial charge in [-0.25, -0.2) is 4.79 Å². The highest BCUT2D eigenvalue weighted by molar-refractivity contribution is 5.82. The smallest absolute Gasteiger partial charge is 0.333 e. The van der Waals surface area contributed by atoms with Gasteiger partial charge in [0.05, 0.1) is 18.7 Å². The van der Waals surface area contributed by atoms with E-state index in [0.717, 1.165) is 0 Å². The molecular weight excluding hydrogens is 220 g/mol. The molecule has 0 saturated carbocycles. The first-order chi connectivity index (χ1) is 8.21. The quantitative estimate of drug-likeness (QED) is 0.339. The zero-order chi connectivity index (χ0) is 12.7. The number of benzene rings is 1. The topological polar surface area (TPSA) is 52.6 Å². The SMILES string of the molecule is CC/C(=C/C(=O)OC)Oc1ccccc1C=O. The monoisotopic (exact) mass is 234 g/mol. The lowest BCUT2D eigenvalue weighted by molar-refractivity contribution is -0.135. The van der Waals surface area contributed by atoms with Gasteiger partial charge < -0.3 is 9.47 Å². The van der Waals surface area contributed by atoms with Gasteiger partial charge in [-0.15, -0.1) is 0 Å². The third-order valence-electron chi connectivity index (χ3n) is 2.12. The largest absolute Gasteiger partial charge is 0.466 e. The van der Waals surface area contributed by atoms with Crippen molar-refractivity contribution < 1.29 is 19.1 Å². The minimum absolute atomic E-state index is 0.430. The summed E-state index contributed by atoms with van der Waals surface area (Å²) in [5.41, 5.74) is 0.441. The minimum atomic E-state index is -0.481. The lowest BCUT2D eigenvalue weighted by atomic mass is 10.2. The van der Waals surface area contributed by atoms with Gasteiger partial charge in [-0.05, 0) is 12.1 Å². The van der Waals surface area contributed by atoms with E-state index in [1.165, 1.54) is 13.2 Å². The van der Waals surface area contributed by atoms with Gasteiger partial charge >= 0.3 is 5.97 Å². The zero-order valence-electron chi connectivity index (χ0n) is 9.80. The molecule has 0 N–H and O–H groups in total. The molecule has 17 heavy (non-hydrogen) atoms. The van der Waals surface area contributed by atoms with Gasteiger partial charge in [0.1, 0.15) is 11.5 Å². The van der Waals surface area contributed by atoms with Crippen LogP contribution < -0.4 is 4.74 Å². The number of allylic oxidation sites excluding steroid dienone is 1. The summed E-state index contributed by atoms with van der Waals surface area (Å²) in [5.74, 6) is 0.399. The first-order valence-electron chi connectivity index (χ1n) is 5.21. The van der Waals surface area contributed by atoms with E-state index in [9.17, 15) is 9.59 Å². The number of hydrogen-bond acceptors (Lipinski definition) is 4. The molecule has 0 fully saturated rings. The van der Waals surface area contributed by atoms with Gasteiger partial charge in [0, 0.05) is 6.42 Å². The predicted octanol–water partition coefficient (Wildman–Crippen LogP) is 2.34. The molecule has 0 aromatic heterocycles. The van der Waals surface area contributed by atoms with Crippen molar-refractivity contribution in [3.05, 3.63) is 41.7 Å². The molecule has 0 bridgehead atoms. The standard InChI is InChI=1S/C13H14O4/c1-3-11(8-13(15)16-2)17-12-7-5-4-6-10(12)9-14/h4-9H,3H2,1-2H3/b11-8-. The van der Waals surface area contributed by atoms with Gasteiger partial charge in [-0.3, -0.25) is 4.79 Å². The molecule has 4 nitrogen and oxygen atoms in total. The van der Waals surface area contributed by atoms with Crippen LogP contribution in [0.2, 0.25) is 0 Å². The third kappa shape index (κ3) is 3.75. The van der Waals surface area contributed by atoms with Crippen molar-refractivity contribution >= 4 is 12.3 Å². The predicted molar refractivity (Wildman–Crippen MR) is 62.8 cm³/mol. The second-order valence-electron chi connectivity index (χ2n) is 3.25. The van der Waals surface area contributed by atoms with Crippen LogP contribution in [-0.4, -0.2) is 19.4 Å². The highest BCUT2D eigenvalue weighted by Gasteiger charge is 2.06. The maximum atomic E-state index is 11.1. The Hall–Kier alpha value is -2.10. The van der Waals surface area contributed by atoms with Crippen LogP contribution in [0.5, 0.6) is 5.75 Å². The summed E-state index contributed by atoms with van der Waals surface area (Å²) >= 11 is 0. The third-order valence-corrected chi connectivity index (χ3v) is 2.12. The van der Waals surface area contributed by atoms with E-state index in [4.69, 9.17) is 4.74 Å². The molecule has 0 saturated heterocycles. The average molecular weight is 234 g/mol. The van der Waals surface area contributed by atoms with Crippen LogP contribution in [0.15, 0.2) is 36.1 Å². The number of carbonyl (C=O) groups excluding carboxylic acids is 2. The number of aldehydes is 1. The van der Waals surface area contributed by atoms with Crippen molar-refractivity contribution in [1.82, 2.24) is 0 Å². The number of ether oxygens (including phenoxy) is 2. The van der Waals surface area contributed by atoms with Gasteiger partial charge in [-0.2, -0.15) is 0 Å². The van der Waals surface area contributed by atoms with Crippen molar-refractivity contribution in [2.45, 2.75) is 13.3 Å². The Balaban J connectivity index is 2.91. The molecule has 0 amide bonds. The maximum Gasteiger partial charge on any atom is 0.333 e. The van der Waals surface area contributed by atoms with Crippen molar-refractivity contribution in [1.29, 1.82) is 0 Å². The fraction of sp³-hybridized carbons (Fsp3) is 0.231. The molecule has 90 valence electrons. The Labute approximate surface area is 99.8 Å². The summed E-state index contributed by atoms with van der Waals surface area (Å²) in [4.78, 5) is 21.9. The number of carbonyl (C=O) groups is 2. The number of hydrogen-bond donors (Lipinski definition) is 0. The van der Waals surface area contributed by atoms with Crippen molar-refractivity contribution in [2.24, 2.45) is 0 Å². The second-order valence-corrected chi connectivity index (χ2v) is 3.25. The van der Waals surface area contributed by atoms with Gasteiger partial charge in [0.15, 0.2) is 6.29 Å². The Morgan fingerprint density at radius 3 is 2.65 bits per heavy atom. The van der Waals surface area contributed by atoms with E-state index in [1.54, 1.807) is 24.3 Å². The maximum absolute atomic E-state index is 11.1. The molecule has 0 heterocycles. The highest BCUT2D eigenvalue weighted by Crippen LogP contribution is 2.19. The zero-order valence-corrected chi connectivity index (χ0v) is 9.80. The molecule has 0 unspecified atom stereocenters. The fourth-order valence-corrected chi connectivity index (χ4v) is 1.21. The van der Waals surface area contributed by atoms with E-state index < -0.39 is 5.97 Å². The van der Waals surface area contributed by atoms with Gasteiger partial charge in [-0.1, -0.05) is 19.1 Å². The molecule has 4 heteroatoms. The second kappa shape index (κ2) is 6.48. The fourth-order valence-electron chi connectivity index (χ4n) is 1.21. The van der Waals surface area contributed by atoms with Gasteiger partial charge in [0.25, 0.3) is 0 Å². The molecule has 1 rings (SSSR count). The van der Waals surface area contributed by atoms with Crippen LogP contribution in [0.1, 0.15) is 23.7 Å². The molecule has 1 aromatic rings. The number of rotatable bonds is 5. The van der Waals surface area contributed by atoms with Crippen molar-refractivity contribution in [2.75, 3.05) is 7.11 Å². The Bertz CT molecular complexity index is 435. The van der Waals surface area contributed by atoms with Crippen LogP contribution in [0.25, 0.3) is 0 Å². The van der Waals surface area contributed by atoms with Crippen molar-refractivity contribution in [3.8, 4) is 5.75 Å². The summed E-state index contributed by atoms with van der Waals surface area (Å²) in [7, 11) is 1.30. The molecule has 0 spiro atoms.